The van der Waals surface area contributed by atoms with E-state index in [-0.39, 0.29) is 0 Å². The van der Waals surface area contributed by atoms with E-state index in [1.807, 2.05) is 16.5 Å². The van der Waals surface area contributed by atoms with Crippen molar-refractivity contribution in [3.63, 3.8) is 0 Å². The van der Waals surface area contributed by atoms with Gasteiger partial charge in [-0.1, -0.05) is 0 Å². The molecule has 20 heavy (non-hydrogen) atoms. The Balaban J connectivity index is 2.40. The molecule has 2 aromatic heterocycles. The lowest BCUT2D eigenvalue weighted by atomic mass is 10.3. The van der Waals surface area contributed by atoms with Crippen LogP contribution in [0.15, 0.2) is 27.4 Å². The zero-order valence-corrected chi connectivity index (χ0v) is 14.3. The standard InChI is InChI=1S/C13H13Br2N5/c1-3-19(4-2)12-13-18-16-7-20(13)11-6-9(15)8(14)5-10(11)17-12/h5-7H,3-4H2,1-2H3. The first-order valence-corrected chi connectivity index (χ1v) is 7.97. The van der Waals surface area contributed by atoms with Gasteiger partial charge < -0.3 is 4.90 Å². The maximum absolute atomic E-state index is 4.77. The Morgan fingerprint density at radius 3 is 2.55 bits per heavy atom. The zero-order valence-electron chi connectivity index (χ0n) is 11.1. The highest BCUT2D eigenvalue weighted by Crippen LogP contribution is 2.30. The van der Waals surface area contributed by atoms with E-state index >= 15 is 0 Å². The fourth-order valence-electron chi connectivity index (χ4n) is 2.27. The van der Waals surface area contributed by atoms with Gasteiger partial charge in [0.15, 0.2) is 5.82 Å². The largest absolute Gasteiger partial charge is 0.354 e. The van der Waals surface area contributed by atoms with Gasteiger partial charge in [0, 0.05) is 22.0 Å². The van der Waals surface area contributed by atoms with Crippen LogP contribution in [0.1, 0.15) is 13.8 Å². The van der Waals surface area contributed by atoms with Gasteiger partial charge in [-0.25, -0.2) is 4.98 Å². The molecule has 0 bridgehead atoms. The summed E-state index contributed by atoms with van der Waals surface area (Å²) in [6, 6.07) is 4.03. The van der Waals surface area contributed by atoms with Crippen molar-refractivity contribution < 1.29 is 0 Å². The van der Waals surface area contributed by atoms with Crippen molar-refractivity contribution in [1.29, 1.82) is 0 Å². The summed E-state index contributed by atoms with van der Waals surface area (Å²) in [5, 5.41) is 8.25. The molecule has 0 unspecified atom stereocenters. The molecule has 0 atom stereocenters. The molecule has 0 spiro atoms. The number of fused-ring (bicyclic) bond motifs is 3. The van der Waals surface area contributed by atoms with Crippen LogP contribution in [-0.2, 0) is 0 Å². The summed E-state index contributed by atoms with van der Waals surface area (Å²) in [6.45, 7) is 5.99. The first-order chi connectivity index (χ1) is 9.65. The van der Waals surface area contributed by atoms with Gasteiger partial charge in [-0.05, 0) is 57.8 Å². The first kappa shape index (κ1) is 13.8. The second-order valence-electron chi connectivity index (χ2n) is 4.39. The first-order valence-electron chi connectivity index (χ1n) is 6.39. The second-order valence-corrected chi connectivity index (χ2v) is 6.10. The average molecular weight is 399 g/mol. The number of halogens is 2. The van der Waals surface area contributed by atoms with Crippen LogP contribution in [-0.4, -0.2) is 32.7 Å². The predicted octanol–water partition coefficient (Wildman–Crippen LogP) is 3.65. The molecule has 0 saturated carbocycles. The second kappa shape index (κ2) is 5.29. The van der Waals surface area contributed by atoms with E-state index in [2.05, 4.69) is 60.8 Å². The molecule has 0 radical (unpaired) electrons. The molecule has 0 aliphatic rings. The molecule has 0 saturated heterocycles. The molecule has 0 N–H and O–H groups in total. The van der Waals surface area contributed by atoms with Gasteiger partial charge in [0.05, 0.1) is 11.0 Å². The molecule has 104 valence electrons. The smallest absolute Gasteiger partial charge is 0.204 e. The number of benzene rings is 1. The Bertz CT molecular complexity index is 779. The van der Waals surface area contributed by atoms with Crippen molar-refractivity contribution >= 4 is 54.4 Å². The molecule has 0 aliphatic carbocycles. The Kier molecular flexibility index (Phi) is 3.64. The van der Waals surface area contributed by atoms with Crippen molar-refractivity contribution in [2.75, 3.05) is 18.0 Å². The van der Waals surface area contributed by atoms with E-state index in [9.17, 15) is 0 Å². The fraction of sp³-hybridized carbons (Fsp3) is 0.308. The van der Waals surface area contributed by atoms with E-state index in [0.29, 0.717) is 0 Å². The van der Waals surface area contributed by atoms with Crippen LogP contribution in [0.4, 0.5) is 5.82 Å². The van der Waals surface area contributed by atoms with Crippen LogP contribution >= 0.6 is 31.9 Å². The van der Waals surface area contributed by atoms with E-state index < -0.39 is 0 Å². The molecule has 2 heterocycles. The SMILES string of the molecule is CCN(CC)c1nc2cc(Br)c(Br)cc2n2cnnc12. The molecule has 1 aromatic carbocycles. The molecule has 5 nitrogen and oxygen atoms in total. The average Bonchev–Trinajstić information content (AvgIpc) is 2.92. The van der Waals surface area contributed by atoms with Crippen molar-refractivity contribution in [1.82, 2.24) is 19.6 Å². The molecule has 0 amide bonds. The minimum atomic E-state index is 0.787. The van der Waals surface area contributed by atoms with E-state index in [4.69, 9.17) is 4.98 Å². The third kappa shape index (κ3) is 2.09. The lowest BCUT2D eigenvalue weighted by Crippen LogP contribution is -2.24. The van der Waals surface area contributed by atoms with Crippen molar-refractivity contribution in [3.05, 3.63) is 27.4 Å². The van der Waals surface area contributed by atoms with Gasteiger partial charge in [0.1, 0.15) is 6.33 Å². The van der Waals surface area contributed by atoms with E-state index in [1.54, 1.807) is 6.33 Å². The Hall–Kier alpha value is -1.21. The van der Waals surface area contributed by atoms with Crippen LogP contribution in [0.5, 0.6) is 0 Å². The predicted molar refractivity (Wildman–Crippen MR) is 87.2 cm³/mol. The Morgan fingerprint density at radius 2 is 1.85 bits per heavy atom. The molecule has 0 fully saturated rings. The van der Waals surface area contributed by atoms with Crippen LogP contribution in [0.25, 0.3) is 16.7 Å². The Morgan fingerprint density at radius 1 is 1.15 bits per heavy atom. The lowest BCUT2D eigenvalue weighted by Gasteiger charge is -2.20. The topological polar surface area (TPSA) is 46.3 Å². The summed E-state index contributed by atoms with van der Waals surface area (Å²) in [5.74, 6) is 0.870. The summed E-state index contributed by atoms with van der Waals surface area (Å²) in [4.78, 5) is 6.95. The summed E-state index contributed by atoms with van der Waals surface area (Å²) < 4.78 is 3.94. The summed E-state index contributed by atoms with van der Waals surface area (Å²) >= 11 is 7.05. The molecule has 3 aromatic rings. The van der Waals surface area contributed by atoms with Gasteiger partial charge in [-0.15, -0.1) is 10.2 Å². The van der Waals surface area contributed by atoms with Crippen LogP contribution in [0.2, 0.25) is 0 Å². The highest BCUT2D eigenvalue weighted by molar-refractivity contribution is 9.13. The molecule has 0 aliphatic heterocycles. The van der Waals surface area contributed by atoms with Crippen LogP contribution in [0, 0.1) is 0 Å². The monoisotopic (exact) mass is 397 g/mol. The van der Waals surface area contributed by atoms with Crippen molar-refractivity contribution in [3.8, 4) is 0 Å². The fourth-order valence-corrected chi connectivity index (χ4v) is 2.93. The number of nitrogens with zero attached hydrogens (tertiary/aromatic N) is 5. The highest BCUT2D eigenvalue weighted by atomic mass is 79.9. The summed E-state index contributed by atoms with van der Waals surface area (Å²) in [7, 11) is 0. The van der Waals surface area contributed by atoms with Gasteiger partial charge in [-0.2, -0.15) is 0 Å². The lowest BCUT2D eigenvalue weighted by molar-refractivity contribution is 0.848. The minimum Gasteiger partial charge on any atom is -0.354 e. The number of rotatable bonds is 3. The third-order valence-corrected chi connectivity index (χ3v) is 5.16. The summed E-state index contributed by atoms with van der Waals surface area (Å²) in [5.41, 5.74) is 2.68. The van der Waals surface area contributed by atoms with E-state index in [1.165, 1.54) is 0 Å². The van der Waals surface area contributed by atoms with Crippen molar-refractivity contribution in [2.45, 2.75) is 13.8 Å². The molecule has 3 rings (SSSR count). The molecule has 7 heteroatoms. The third-order valence-electron chi connectivity index (χ3n) is 3.31. The zero-order chi connectivity index (χ0) is 14.3. The number of aromatic nitrogens is 4. The number of hydrogen-bond acceptors (Lipinski definition) is 4. The van der Waals surface area contributed by atoms with Gasteiger partial charge in [0.25, 0.3) is 0 Å². The van der Waals surface area contributed by atoms with Crippen molar-refractivity contribution in [2.24, 2.45) is 0 Å². The normalized spacial score (nSPS) is 11.4. The molecular weight excluding hydrogens is 386 g/mol. The van der Waals surface area contributed by atoms with Gasteiger partial charge in [0.2, 0.25) is 5.65 Å². The quantitative estimate of drug-likeness (QED) is 0.675. The number of anilines is 1. The maximum atomic E-state index is 4.77. The van der Waals surface area contributed by atoms with Gasteiger partial charge in [-0.3, -0.25) is 4.40 Å². The maximum Gasteiger partial charge on any atom is 0.204 e. The highest BCUT2D eigenvalue weighted by Gasteiger charge is 2.15. The minimum absolute atomic E-state index is 0.787. The van der Waals surface area contributed by atoms with Crippen LogP contribution in [0.3, 0.4) is 0 Å². The Labute approximate surface area is 133 Å². The molecular formula is C13H13Br2N5. The van der Waals surface area contributed by atoms with Gasteiger partial charge >= 0.3 is 0 Å². The summed E-state index contributed by atoms with van der Waals surface area (Å²) in [6.07, 6.45) is 1.73. The van der Waals surface area contributed by atoms with E-state index in [0.717, 1.165) is 44.5 Å². The van der Waals surface area contributed by atoms with Crippen LogP contribution < -0.4 is 4.90 Å². The number of hydrogen-bond donors (Lipinski definition) is 0.